The summed E-state index contributed by atoms with van der Waals surface area (Å²) in [6, 6.07) is 6.02. The van der Waals surface area contributed by atoms with Crippen molar-refractivity contribution in [2.45, 2.75) is 91.1 Å². The number of hydroxylamine groups is 1. The quantitative estimate of drug-likeness (QED) is 0.571. The summed E-state index contributed by atoms with van der Waals surface area (Å²) in [6.07, 6.45) is 2.10. The van der Waals surface area contributed by atoms with Gasteiger partial charge in [0.1, 0.15) is 17.9 Å². The summed E-state index contributed by atoms with van der Waals surface area (Å²) in [5.41, 5.74) is 2.61. The summed E-state index contributed by atoms with van der Waals surface area (Å²) in [7, 11) is -2.00. The molecule has 0 fully saturated rings. The lowest BCUT2D eigenvalue weighted by Crippen LogP contribution is -2.51. The predicted molar refractivity (Wildman–Crippen MR) is 112 cm³/mol. The predicted octanol–water partition coefficient (Wildman–Crippen LogP) is 5.99. The molecule has 0 amide bonds. The van der Waals surface area contributed by atoms with Crippen molar-refractivity contribution >= 4 is 14.1 Å². The average molecular weight is 377 g/mol. The SMILES string of the molecule is Cc1cccc(N2O[C@@H](C)C=C(O[Si](C(C)C)(C(C)C)C(C)C)[C@H]2C)n1. The van der Waals surface area contributed by atoms with Crippen LogP contribution in [-0.4, -0.2) is 25.4 Å². The molecule has 0 spiro atoms. The lowest BCUT2D eigenvalue weighted by atomic mass is 10.2. The third kappa shape index (κ3) is 3.99. The van der Waals surface area contributed by atoms with E-state index in [4.69, 9.17) is 9.26 Å². The molecule has 0 saturated carbocycles. The Balaban J connectivity index is 2.38. The van der Waals surface area contributed by atoms with Crippen LogP contribution in [0.1, 0.15) is 61.1 Å². The Morgan fingerprint density at radius 1 is 1.04 bits per heavy atom. The van der Waals surface area contributed by atoms with E-state index in [0.717, 1.165) is 17.3 Å². The highest BCUT2D eigenvalue weighted by Gasteiger charge is 2.48. The third-order valence-electron chi connectivity index (χ3n) is 5.54. The van der Waals surface area contributed by atoms with Crippen LogP contribution < -0.4 is 5.06 Å². The van der Waals surface area contributed by atoms with E-state index in [-0.39, 0.29) is 12.1 Å². The van der Waals surface area contributed by atoms with Crippen LogP contribution in [0.4, 0.5) is 5.82 Å². The van der Waals surface area contributed by atoms with Gasteiger partial charge in [-0.3, -0.25) is 4.84 Å². The van der Waals surface area contributed by atoms with Crippen molar-refractivity contribution in [1.29, 1.82) is 0 Å². The number of anilines is 1. The fraction of sp³-hybridized carbons (Fsp3) is 0.667. The van der Waals surface area contributed by atoms with Crippen LogP contribution in [0.2, 0.25) is 16.6 Å². The monoisotopic (exact) mass is 376 g/mol. The van der Waals surface area contributed by atoms with Crippen molar-refractivity contribution in [2.75, 3.05) is 5.06 Å². The summed E-state index contributed by atoms with van der Waals surface area (Å²) >= 11 is 0. The molecule has 1 aliphatic heterocycles. The summed E-state index contributed by atoms with van der Waals surface area (Å²) in [5, 5.41) is 1.91. The van der Waals surface area contributed by atoms with E-state index in [1.807, 2.05) is 30.2 Å². The van der Waals surface area contributed by atoms with Gasteiger partial charge in [-0.25, -0.2) is 10.0 Å². The molecule has 0 saturated heterocycles. The Hall–Kier alpha value is -1.33. The Morgan fingerprint density at radius 3 is 2.12 bits per heavy atom. The highest BCUT2D eigenvalue weighted by Crippen LogP contribution is 2.45. The second-order valence-corrected chi connectivity index (χ2v) is 13.8. The zero-order chi connectivity index (χ0) is 19.6. The van der Waals surface area contributed by atoms with Crippen molar-refractivity contribution in [3.8, 4) is 0 Å². The van der Waals surface area contributed by atoms with Gasteiger partial charge in [0.05, 0.1) is 0 Å². The van der Waals surface area contributed by atoms with Gasteiger partial charge in [-0.2, -0.15) is 0 Å². The van der Waals surface area contributed by atoms with Crippen LogP contribution >= 0.6 is 0 Å². The smallest absolute Gasteiger partial charge is 0.258 e. The third-order valence-corrected chi connectivity index (χ3v) is 11.5. The molecule has 1 aromatic heterocycles. The number of rotatable bonds is 6. The van der Waals surface area contributed by atoms with Gasteiger partial charge < -0.3 is 4.43 Å². The van der Waals surface area contributed by atoms with E-state index in [9.17, 15) is 0 Å². The van der Waals surface area contributed by atoms with E-state index in [0.29, 0.717) is 16.6 Å². The first kappa shape index (κ1) is 21.0. The van der Waals surface area contributed by atoms with Crippen LogP contribution in [0.5, 0.6) is 0 Å². The standard InChI is InChI=1S/C21H36N2O2Si/c1-14(2)26(15(3)4,16(5)6)25-20-13-18(8)24-23(19(20)9)21-12-10-11-17(7)22-21/h10-16,18-19H,1-9H3/t18-,19+/m0/s1. The summed E-state index contributed by atoms with van der Waals surface area (Å²) in [5.74, 6) is 1.87. The molecule has 1 aromatic rings. The second kappa shape index (κ2) is 8.13. The van der Waals surface area contributed by atoms with Crippen LogP contribution in [0, 0.1) is 6.92 Å². The van der Waals surface area contributed by atoms with Crippen molar-refractivity contribution in [3.63, 3.8) is 0 Å². The second-order valence-electron chi connectivity index (χ2n) is 8.44. The van der Waals surface area contributed by atoms with Crippen molar-refractivity contribution in [3.05, 3.63) is 35.7 Å². The first-order chi connectivity index (χ1) is 12.1. The number of nitrogens with zero attached hydrogens (tertiary/aromatic N) is 2. The molecule has 5 heteroatoms. The van der Waals surface area contributed by atoms with Gasteiger partial charge in [-0.15, -0.1) is 0 Å². The number of pyridine rings is 1. The molecule has 2 heterocycles. The van der Waals surface area contributed by atoms with Gasteiger partial charge >= 0.3 is 0 Å². The molecular weight excluding hydrogens is 340 g/mol. The molecule has 0 unspecified atom stereocenters. The molecule has 0 N–H and O–H groups in total. The van der Waals surface area contributed by atoms with E-state index in [1.54, 1.807) is 0 Å². The molecule has 0 aliphatic carbocycles. The molecular formula is C21H36N2O2Si. The van der Waals surface area contributed by atoms with Gasteiger partial charge in [-0.1, -0.05) is 47.6 Å². The summed E-state index contributed by atoms with van der Waals surface area (Å²) in [4.78, 5) is 10.7. The van der Waals surface area contributed by atoms with Crippen molar-refractivity contribution in [2.24, 2.45) is 0 Å². The normalized spacial score (nSPS) is 21.5. The number of aromatic nitrogens is 1. The van der Waals surface area contributed by atoms with Gasteiger partial charge in [0.2, 0.25) is 0 Å². The Labute approximate surface area is 160 Å². The number of hydrogen-bond acceptors (Lipinski definition) is 4. The van der Waals surface area contributed by atoms with Gasteiger partial charge in [0, 0.05) is 5.69 Å². The molecule has 26 heavy (non-hydrogen) atoms. The van der Waals surface area contributed by atoms with E-state index in [2.05, 4.69) is 66.4 Å². The Kier molecular flexibility index (Phi) is 6.56. The minimum atomic E-state index is -2.00. The highest BCUT2D eigenvalue weighted by atomic mass is 28.4. The fourth-order valence-corrected chi connectivity index (χ4v) is 9.72. The summed E-state index contributed by atoms with van der Waals surface area (Å²) in [6.45, 7) is 20.1. The van der Waals surface area contributed by atoms with E-state index in [1.165, 1.54) is 0 Å². The zero-order valence-corrected chi connectivity index (χ0v) is 18.9. The first-order valence-electron chi connectivity index (χ1n) is 9.90. The van der Waals surface area contributed by atoms with Crippen molar-refractivity contribution in [1.82, 2.24) is 4.98 Å². The van der Waals surface area contributed by atoms with E-state index >= 15 is 0 Å². The maximum atomic E-state index is 6.98. The minimum Gasteiger partial charge on any atom is -0.544 e. The van der Waals surface area contributed by atoms with Crippen LogP contribution in [0.15, 0.2) is 30.0 Å². The molecule has 146 valence electrons. The largest absolute Gasteiger partial charge is 0.544 e. The van der Waals surface area contributed by atoms with Gasteiger partial charge in [-0.05, 0) is 55.6 Å². The lowest BCUT2D eigenvalue weighted by molar-refractivity contribution is 0.0368. The fourth-order valence-electron chi connectivity index (χ4n) is 4.37. The van der Waals surface area contributed by atoms with Crippen LogP contribution in [-0.2, 0) is 9.26 Å². The molecule has 4 nitrogen and oxygen atoms in total. The molecule has 0 radical (unpaired) electrons. The maximum Gasteiger partial charge on any atom is 0.258 e. The van der Waals surface area contributed by atoms with Crippen LogP contribution in [0.3, 0.4) is 0 Å². The van der Waals surface area contributed by atoms with Crippen molar-refractivity contribution < 1.29 is 9.26 Å². The summed E-state index contributed by atoms with van der Waals surface area (Å²) < 4.78 is 6.98. The molecule has 2 rings (SSSR count). The molecule has 0 bridgehead atoms. The molecule has 2 atom stereocenters. The number of hydrogen-bond donors (Lipinski definition) is 0. The average Bonchev–Trinajstić information content (AvgIpc) is 2.54. The lowest BCUT2D eigenvalue weighted by Gasteiger charge is -2.46. The topological polar surface area (TPSA) is 34.6 Å². The van der Waals surface area contributed by atoms with Crippen LogP contribution in [0.25, 0.3) is 0 Å². The maximum absolute atomic E-state index is 6.98. The first-order valence-corrected chi connectivity index (χ1v) is 12.0. The number of aryl methyl sites for hydroxylation is 1. The molecule has 1 aliphatic rings. The highest BCUT2D eigenvalue weighted by molar-refractivity contribution is 6.77. The van der Waals surface area contributed by atoms with Gasteiger partial charge in [0.15, 0.2) is 5.82 Å². The minimum absolute atomic E-state index is 0.00336. The molecule has 0 aromatic carbocycles. The van der Waals surface area contributed by atoms with Gasteiger partial charge in [0.25, 0.3) is 8.32 Å². The Morgan fingerprint density at radius 2 is 1.62 bits per heavy atom. The Bertz CT molecular complexity index is 621. The van der Waals surface area contributed by atoms with E-state index < -0.39 is 8.32 Å². The zero-order valence-electron chi connectivity index (χ0n) is 17.9.